The number of rotatable bonds is 7. The topological polar surface area (TPSA) is 211 Å². The number of carbonyl (C=O) groups excluding carboxylic acids is 2. The van der Waals surface area contributed by atoms with Crippen molar-refractivity contribution in [2.75, 3.05) is 20.3 Å². The van der Waals surface area contributed by atoms with Crippen molar-refractivity contribution in [3.8, 4) is 11.8 Å². The van der Waals surface area contributed by atoms with E-state index in [2.05, 4.69) is 51.7 Å². The van der Waals surface area contributed by atoms with Gasteiger partial charge in [0.05, 0.1) is 29.6 Å². The zero-order chi connectivity index (χ0) is 35.7. The van der Waals surface area contributed by atoms with Gasteiger partial charge in [-0.1, -0.05) is 24.0 Å². The Bertz CT molecular complexity index is 937. The third-order valence-corrected chi connectivity index (χ3v) is 4.28. The summed E-state index contributed by atoms with van der Waals surface area (Å²) in [6.07, 6.45) is 4.67. The fraction of sp³-hybridized carbons (Fsp3) is 0.533. The van der Waals surface area contributed by atoms with E-state index in [-0.39, 0.29) is 52.2 Å². The summed E-state index contributed by atoms with van der Waals surface area (Å²) < 4.78 is 66.6. The van der Waals surface area contributed by atoms with Gasteiger partial charge >= 0.3 is 79.8 Å². The molecule has 2 radical (unpaired) electrons. The van der Waals surface area contributed by atoms with Crippen LogP contribution < -0.4 is 0 Å². The minimum absolute atomic E-state index is 0. The van der Waals surface area contributed by atoms with Crippen LogP contribution in [0.2, 0.25) is 0 Å². The number of hydrogen-bond acceptors (Lipinski definition) is 7. The zero-order valence-electron chi connectivity index (χ0n) is 25.8. The molecule has 4 atom stereocenters. The smallest absolute Gasteiger partial charge is 0 e. The number of aliphatic hydroxyl groups is 1. The maximum atomic E-state index is 12.3. The summed E-state index contributed by atoms with van der Waals surface area (Å²) in [7, 11) is 1.51. The molecule has 0 aromatic rings. The summed E-state index contributed by atoms with van der Waals surface area (Å²) in [5.41, 5.74) is -1.36. The van der Waals surface area contributed by atoms with Gasteiger partial charge in [-0.2, -0.15) is 0 Å². The first-order valence-electron chi connectivity index (χ1n) is 11.6. The molecule has 0 aromatic carbocycles. The second-order valence-electron chi connectivity index (χ2n) is 9.40. The molecule has 0 saturated carbocycles. The van der Waals surface area contributed by atoms with E-state index in [0.717, 1.165) is 0 Å². The molecule has 1 rings (SSSR count). The van der Waals surface area contributed by atoms with Crippen molar-refractivity contribution >= 4 is 11.9 Å². The molecule has 1 N–H and O–H groups in total. The van der Waals surface area contributed by atoms with Crippen molar-refractivity contribution in [3.05, 3.63) is 64.2 Å². The standard InChI is InChI=1S/C24H36O7.6CO.2Co/c1-23(2,3)21(26)30-16-18(31-22(27)24(4,5)6)14-13-17(28-7)10-8-12-20-19(25)11-9-15-29-20;6*1-2;;/h9,11,13-14,17-20,25H,12,15-16H2,1-7H3;;;;;;;;/b14-13+;;;;;;;;/t17?,18-,19+,20-;;;;;;;;/m1......../s1. The van der Waals surface area contributed by atoms with Crippen molar-refractivity contribution in [3.63, 3.8) is 0 Å². The van der Waals surface area contributed by atoms with Crippen LogP contribution in [-0.2, 0) is 90.0 Å². The van der Waals surface area contributed by atoms with Gasteiger partial charge in [-0.05, 0) is 53.7 Å². The quantitative estimate of drug-likeness (QED) is 0.136. The van der Waals surface area contributed by atoms with Crippen LogP contribution in [0, 0.1) is 62.6 Å². The fourth-order valence-electron chi connectivity index (χ4n) is 2.26. The normalized spacial score (nSPS) is 14.8. The Morgan fingerprint density at radius 1 is 0.889 bits per heavy atom. The summed E-state index contributed by atoms with van der Waals surface area (Å²) in [5.74, 6) is 5.10. The predicted octanol–water partition coefficient (Wildman–Crippen LogP) is 2.58. The van der Waals surface area contributed by atoms with E-state index in [1.54, 1.807) is 65.8 Å². The van der Waals surface area contributed by atoms with Gasteiger partial charge in [0, 0.05) is 47.1 Å². The van der Waals surface area contributed by atoms with Crippen LogP contribution in [0.1, 0.15) is 48.0 Å². The van der Waals surface area contributed by atoms with E-state index in [4.69, 9.17) is 46.9 Å². The molecule has 0 spiro atoms. The Labute approximate surface area is 285 Å². The molecule has 1 aliphatic heterocycles. The average Bonchev–Trinajstić information content (AvgIpc) is 3.03. The van der Waals surface area contributed by atoms with Gasteiger partial charge in [-0.15, -0.1) is 0 Å². The Hall–Kier alpha value is -2.69. The molecule has 0 fully saturated rings. The summed E-state index contributed by atoms with van der Waals surface area (Å²) >= 11 is 0. The maximum absolute atomic E-state index is 12.3. The van der Waals surface area contributed by atoms with Crippen LogP contribution in [0.25, 0.3) is 0 Å². The Morgan fingerprint density at radius 2 is 1.33 bits per heavy atom. The number of hydrogen-bond donors (Lipinski definition) is 1. The SMILES string of the molecule is COC(C#CC[C@H]1OCC=C[C@@H]1O)/C=C/[C@H](COC(=O)C(C)(C)C)OC(=O)C(C)(C)C.[C-]#[O+].[C-]#[O+].[C-]#[O+].[C-]#[O+].[C-]#[O+].[C-]#[O+].[Co].[Co]. The average molecular weight is 722 g/mol. The predicted molar refractivity (Wildman–Crippen MR) is 141 cm³/mol. The van der Waals surface area contributed by atoms with E-state index in [9.17, 15) is 14.7 Å². The van der Waals surface area contributed by atoms with E-state index >= 15 is 0 Å². The second-order valence-corrected chi connectivity index (χ2v) is 9.40. The van der Waals surface area contributed by atoms with Crippen LogP contribution in [0.15, 0.2) is 24.3 Å². The molecule has 0 aliphatic carbocycles. The van der Waals surface area contributed by atoms with Gasteiger partial charge < -0.3 is 24.1 Å². The monoisotopic (exact) mass is 722 g/mol. The number of carbonyl (C=O) groups is 2. The third kappa shape index (κ3) is 35.7. The van der Waals surface area contributed by atoms with Gasteiger partial charge in [0.25, 0.3) is 0 Å². The van der Waals surface area contributed by atoms with Gasteiger partial charge in [-0.25, -0.2) is 0 Å². The van der Waals surface area contributed by atoms with Gasteiger partial charge in [0.15, 0.2) is 6.10 Å². The number of aliphatic hydroxyl groups excluding tert-OH is 1. The van der Waals surface area contributed by atoms with Crippen LogP contribution >= 0.6 is 0 Å². The maximum Gasteiger partial charge on any atom is 0 e. The molecule has 13 nitrogen and oxygen atoms in total. The Balaban J connectivity index is -0.000000145. The van der Waals surface area contributed by atoms with Crippen LogP contribution in [0.4, 0.5) is 0 Å². The molecule has 1 unspecified atom stereocenters. The molecule has 1 heterocycles. The van der Waals surface area contributed by atoms with Crippen molar-refractivity contribution in [2.45, 2.75) is 72.4 Å². The first-order chi connectivity index (χ1) is 20.3. The molecule has 0 aromatic heterocycles. The minimum atomic E-state index is -0.772. The first kappa shape index (κ1) is 61.3. The van der Waals surface area contributed by atoms with E-state index in [1.807, 2.05) is 0 Å². The second kappa shape index (κ2) is 41.3. The summed E-state index contributed by atoms with van der Waals surface area (Å²) in [4.78, 5) is 24.4. The molecular weight excluding hydrogens is 686 g/mol. The molecule has 1 aliphatic rings. The number of ether oxygens (including phenoxy) is 4. The Morgan fingerprint density at radius 3 is 1.71 bits per heavy atom. The molecule has 252 valence electrons. The van der Waals surface area contributed by atoms with Gasteiger partial charge in [0.1, 0.15) is 12.7 Å². The molecule has 15 heteroatoms. The van der Waals surface area contributed by atoms with Crippen molar-refractivity contribution in [1.82, 2.24) is 0 Å². The van der Waals surface area contributed by atoms with Crippen molar-refractivity contribution in [1.29, 1.82) is 0 Å². The van der Waals surface area contributed by atoms with E-state index < -0.39 is 35.1 Å². The van der Waals surface area contributed by atoms with E-state index in [0.29, 0.717) is 13.0 Å². The minimum Gasteiger partial charge on any atom is 0 e. The number of methoxy groups -OCH3 is 1. The third-order valence-electron chi connectivity index (χ3n) is 4.28. The van der Waals surface area contributed by atoms with E-state index in [1.165, 1.54) is 7.11 Å². The van der Waals surface area contributed by atoms with Gasteiger partial charge in [0.2, 0.25) is 0 Å². The Kier molecular flexibility index (Phi) is 56.3. The van der Waals surface area contributed by atoms with Crippen molar-refractivity contribution in [2.24, 2.45) is 10.8 Å². The summed E-state index contributed by atoms with van der Waals surface area (Å²) in [5, 5.41) is 9.86. The largest absolute Gasteiger partial charge is 0 e. The summed E-state index contributed by atoms with van der Waals surface area (Å²) in [6, 6.07) is 0. The fourth-order valence-corrected chi connectivity index (χ4v) is 2.26. The molecule has 0 saturated heterocycles. The molecular formula is C30H36Co2O13. The van der Waals surface area contributed by atoms with Crippen LogP contribution in [0.3, 0.4) is 0 Å². The molecule has 0 bridgehead atoms. The molecule has 0 amide bonds. The zero-order valence-corrected chi connectivity index (χ0v) is 27.8. The molecule has 45 heavy (non-hydrogen) atoms. The summed E-state index contributed by atoms with van der Waals surface area (Å²) in [6.45, 7) is 37.8. The number of esters is 2. The van der Waals surface area contributed by atoms with Crippen LogP contribution in [0.5, 0.6) is 0 Å². The van der Waals surface area contributed by atoms with Crippen LogP contribution in [-0.4, -0.2) is 61.8 Å². The van der Waals surface area contributed by atoms with Crippen molar-refractivity contribution < 1.29 is 95.1 Å². The van der Waals surface area contributed by atoms with Gasteiger partial charge in [-0.3, -0.25) is 9.59 Å². The first-order valence-corrected chi connectivity index (χ1v) is 11.6.